The number of ether oxygens (including phenoxy) is 3. The van der Waals surface area contributed by atoms with Gasteiger partial charge in [-0.1, -0.05) is 12.1 Å². The highest BCUT2D eigenvalue weighted by Gasteiger charge is 2.18. The lowest BCUT2D eigenvalue weighted by Gasteiger charge is -2.07. The number of benzene rings is 2. The van der Waals surface area contributed by atoms with Gasteiger partial charge in [0, 0.05) is 17.1 Å². The van der Waals surface area contributed by atoms with Crippen LogP contribution in [0.4, 0.5) is 5.69 Å². The van der Waals surface area contributed by atoms with Gasteiger partial charge in [0.15, 0.2) is 22.8 Å². The summed E-state index contributed by atoms with van der Waals surface area (Å²) in [5.74, 6) is 0.998. The van der Waals surface area contributed by atoms with Gasteiger partial charge < -0.3 is 23.9 Å². The monoisotopic (exact) mass is 339 g/mol. The first-order valence-corrected chi connectivity index (χ1v) is 7.47. The van der Waals surface area contributed by atoms with E-state index in [1.807, 2.05) is 0 Å². The van der Waals surface area contributed by atoms with E-state index < -0.39 is 11.5 Å². The van der Waals surface area contributed by atoms with Gasteiger partial charge in [-0.2, -0.15) is 0 Å². The largest absolute Gasteiger partial charge is 0.493 e. The molecule has 7 nitrogen and oxygen atoms in total. The summed E-state index contributed by atoms with van der Waals surface area (Å²) in [6, 6.07) is 11.6. The Morgan fingerprint density at radius 1 is 1.12 bits per heavy atom. The van der Waals surface area contributed by atoms with Crippen molar-refractivity contribution in [1.82, 2.24) is 0 Å². The molecular formula is C18H13NO6. The lowest BCUT2D eigenvalue weighted by molar-refractivity contribution is 0.102. The Morgan fingerprint density at radius 3 is 2.80 bits per heavy atom. The van der Waals surface area contributed by atoms with Crippen LogP contribution in [0.5, 0.6) is 17.2 Å². The van der Waals surface area contributed by atoms with Crippen LogP contribution >= 0.6 is 0 Å². The van der Waals surface area contributed by atoms with E-state index in [0.29, 0.717) is 33.9 Å². The predicted molar refractivity (Wildman–Crippen MR) is 89.6 cm³/mol. The third-order valence-corrected chi connectivity index (χ3v) is 3.82. The first-order valence-electron chi connectivity index (χ1n) is 7.47. The first-order chi connectivity index (χ1) is 12.2. The van der Waals surface area contributed by atoms with E-state index in [0.717, 1.165) is 0 Å². The summed E-state index contributed by atoms with van der Waals surface area (Å²) in [5, 5.41) is 3.25. The predicted octanol–water partition coefficient (Wildman–Crippen LogP) is 2.78. The van der Waals surface area contributed by atoms with Crippen LogP contribution in [-0.4, -0.2) is 19.8 Å². The number of methoxy groups -OCH3 is 1. The van der Waals surface area contributed by atoms with E-state index in [1.165, 1.54) is 13.2 Å². The first kappa shape index (κ1) is 15.1. The molecule has 1 aromatic heterocycles. The minimum absolute atomic E-state index is 0.0987. The van der Waals surface area contributed by atoms with Crippen molar-refractivity contribution in [2.75, 3.05) is 19.2 Å². The average molecular weight is 339 g/mol. The summed E-state index contributed by atoms with van der Waals surface area (Å²) in [6.07, 6.45) is 0. The van der Waals surface area contributed by atoms with E-state index in [-0.39, 0.29) is 12.4 Å². The maximum Gasteiger partial charge on any atom is 0.349 e. The maximum absolute atomic E-state index is 12.5. The van der Waals surface area contributed by atoms with Crippen molar-refractivity contribution in [1.29, 1.82) is 0 Å². The van der Waals surface area contributed by atoms with Crippen LogP contribution in [-0.2, 0) is 0 Å². The molecule has 25 heavy (non-hydrogen) atoms. The van der Waals surface area contributed by atoms with Gasteiger partial charge in [0.25, 0.3) is 5.91 Å². The molecule has 0 spiro atoms. The second kappa shape index (κ2) is 5.86. The van der Waals surface area contributed by atoms with Gasteiger partial charge in [-0.15, -0.1) is 0 Å². The summed E-state index contributed by atoms with van der Waals surface area (Å²) in [4.78, 5) is 24.7. The Kier molecular flexibility index (Phi) is 3.53. The van der Waals surface area contributed by atoms with Crippen LogP contribution in [0.15, 0.2) is 51.7 Å². The van der Waals surface area contributed by atoms with Crippen LogP contribution in [0.1, 0.15) is 10.4 Å². The highest BCUT2D eigenvalue weighted by molar-refractivity contribution is 6.05. The number of anilines is 1. The van der Waals surface area contributed by atoms with E-state index in [1.54, 1.807) is 36.4 Å². The Hall–Kier alpha value is -3.48. The zero-order chi connectivity index (χ0) is 17.4. The van der Waals surface area contributed by atoms with Crippen molar-refractivity contribution in [2.24, 2.45) is 0 Å². The Balaban J connectivity index is 1.68. The Morgan fingerprint density at radius 2 is 1.96 bits per heavy atom. The number of fused-ring (bicyclic) bond motifs is 2. The summed E-state index contributed by atoms with van der Waals surface area (Å²) in [7, 11) is 1.48. The number of hydrogen-bond donors (Lipinski definition) is 1. The fourth-order valence-electron chi connectivity index (χ4n) is 2.61. The molecule has 1 aliphatic heterocycles. The van der Waals surface area contributed by atoms with Crippen LogP contribution in [0.2, 0.25) is 0 Å². The zero-order valence-electron chi connectivity index (χ0n) is 13.2. The second-order valence-electron chi connectivity index (χ2n) is 5.35. The summed E-state index contributed by atoms with van der Waals surface area (Å²) in [6.45, 7) is 0.142. The van der Waals surface area contributed by atoms with Crippen molar-refractivity contribution >= 4 is 22.6 Å². The van der Waals surface area contributed by atoms with Crippen molar-refractivity contribution < 1.29 is 23.4 Å². The fraction of sp³-hybridized carbons (Fsp3) is 0.111. The molecule has 0 fully saturated rings. The van der Waals surface area contributed by atoms with Gasteiger partial charge >= 0.3 is 5.63 Å². The van der Waals surface area contributed by atoms with Gasteiger partial charge in [0.2, 0.25) is 6.79 Å². The summed E-state index contributed by atoms with van der Waals surface area (Å²) < 4.78 is 20.9. The lowest BCUT2D eigenvalue weighted by atomic mass is 10.1. The Bertz CT molecular complexity index is 1040. The second-order valence-corrected chi connectivity index (χ2v) is 5.35. The van der Waals surface area contributed by atoms with Crippen LogP contribution in [0.25, 0.3) is 11.0 Å². The lowest BCUT2D eigenvalue weighted by Crippen LogP contribution is -2.20. The molecule has 0 radical (unpaired) electrons. The molecule has 7 heteroatoms. The molecule has 0 saturated carbocycles. The van der Waals surface area contributed by atoms with Gasteiger partial charge in [-0.05, 0) is 24.3 Å². The number of rotatable bonds is 3. The molecule has 4 rings (SSSR count). The molecule has 126 valence electrons. The molecule has 0 aliphatic carbocycles. The molecular weight excluding hydrogens is 326 g/mol. The van der Waals surface area contributed by atoms with Gasteiger partial charge in [0.05, 0.1) is 7.11 Å². The zero-order valence-corrected chi connectivity index (χ0v) is 13.2. The number of nitrogens with one attached hydrogen (secondary N) is 1. The number of amides is 1. The topological polar surface area (TPSA) is 87.0 Å². The summed E-state index contributed by atoms with van der Waals surface area (Å²) in [5.41, 5.74) is -0.0531. The minimum atomic E-state index is -0.741. The SMILES string of the molecule is COc1cccc2cc(C(=O)Nc3ccc4c(c3)OCO4)c(=O)oc12. The highest BCUT2D eigenvalue weighted by atomic mass is 16.7. The molecule has 0 bridgehead atoms. The number of para-hydroxylation sites is 1. The van der Waals surface area contributed by atoms with Crippen LogP contribution in [0.3, 0.4) is 0 Å². The average Bonchev–Trinajstić information content (AvgIpc) is 3.08. The number of carbonyl (C=O) groups excluding carboxylic acids is 1. The molecule has 0 atom stereocenters. The quantitative estimate of drug-likeness (QED) is 0.738. The normalized spacial score (nSPS) is 12.2. The molecule has 3 aromatic rings. The van der Waals surface area contributed by atoms with Crippen LogP contribution < -0.4 is 25.2 Å². The minimum Gasteiger partial charge on any atom is -0.493 e. The van der Waals surface area contributed by atoms with Crippen molar-refractivity contribution in [3.63, 3.8) is 0 Å². The molecule has 2 heterocycles. The molecule has 0 saturated heterocycles. The van der Waals surface area contributed by atoms with E-state index in [4.69, 9.17) is 18.6 Å². The molecule has 2 aromatic carbocycles. The molecule has 1 amide bonds. The number of carbonyl (C=O) groups is 1. The number of hydrogen-bond acceptors (Lipinski definition) is 6. The molecule has 0 unspecified atom stereocenters. The van der Waals surface area contributed by atoms with Gasteiger partial charge in [-0.3, -0.25) is 4.79 Å². The van der Waals surface area contributed by atoms with Crippen molar-refractivity contribution in [3.05, 3.63) is 58.4 Å². The fourth-order valence-corrected chi connectivity index (χ4v) is 2.61. The van der Waals surface area contributed by atoms with Crippen LogP contribution in [0, 0.1) is 0 Å². The molecule has 1 N–H and O–H groups in total. The van der Waals surface area contributed by atoms with Gasteiger partial charge in [-0.25, -0.2) is 4.79 Å². The third-order valence-electron chi connectivity index (χ3n) is 3.82. The van der Waals surface area contributed by atoms with E-state index in [2.05, 4.69) is 5.32 Å². The smallest absolute Gasteiger partial charge is 0.349 e. The third kappa shape index (κ3) is 2.65. The van der Waals surface area contributed by atoms with Crippen molar-refractivity contribution in [2.45, 2.75) is 0 Å². The summed E-state index contributed by atoms with van der Waals surface area (Å²) >= 11 is 0. The maximum atomic E-state index is 12.5. The highest BCUT2D eigenvalue weighted by Crippen LogP contribution is 2.34. The van der Waals surface area contributed by atoms with Crippen molar-refractivity contribution in [3.8, 4) is 17.2 Å². The standard InChI is InChI=1S/C18H13NO6/c1-22-14-4-2-3-10-7-12(18(21)25-16(10)14)17(20)19-11-5-6-13-15(8-11)24-9-23-13/h2-8H,9H2,1H3,(H,19,20). The van der Waals surface area contributed by atoms with E-state index >= 15 is 0 Å². The van der Waals surface area contributed by atoms with E-state index in [9.17, 15) is 9.59 Å². The Labute approximate surface area is 141 Å². The van der Waals surface area contributed by atoms with Gasteiger partial charge in [0.1, 0.15) is 5.56 Å². The molecule has 1 aliphatic rings.